The summed E-state index contributed by atoms with van der Waals surface area (Å²) in [6, 6.07) is 4.95. The summed E-state index contributed by atoms with van der Waals surface area (Å²) in [4.78, 5) is 3.97. The Morgan fingerprint density at radius 2 is 2.21 bits per heavy atom. The second kappa shape index (κ2) is 3.25. The Kier molecular flexibility index (Phi) is 2.08. The molecule has 0 spiro atoms. The number of fused-ring (bicyclic) bond motifs is 1. The van der Waals surface area contributed by atoms with Crippen LogP contribution < -0.4 is 5.73 Å². The molecule has 0 saturated heterocycles. The summed E-state index contributed by atoms with van der Waals surface area (Å²) in [7, 11) is 0. The fraction of sp³-hybridized carbons (Fsp3) is 0.182. The zero-order valence-electron chi connectivity index (χ0n) is 7.92. The molecule has 0 atom stereocenters. The number of pyridine rings is 1. The fourth-order valence-corrected chi connectivity index (χ4v) is 1.63. The van der Waals surface area contributed by atoms with E-state index >= 15 is 0 Å². The average Bonchev–Trinajstić information content (AvgIpc) is 2.18. The van der Waals surface area contributed by atoms with Gasteiger partial charge in [-0.3, -0.25) is 0 Å². The molecular weight excluding hydrogens is 179 g/mol. The van der Waals surface area contributed by atoms with Crippen molar-refractivity contribution in [2.75, 3.05) is 5.73 Å². The van der Waals surface area contributed by atoms with Gasteiger partial charge >= 0.3 is 0 Å². The molecule has 0 aliphatic heterocycles. The van der Waals surface area contributed by atoms with E-state index < -0.39 is 0 Å². The van der Waals surface area contributed by atoms with Gasteiger partial charge in [0.1, 0.15) is 11.6 Å². The van der Waals surface area contributed by atoms with Gasteiger partial charge in [0, 0.05) is 11.6 Å². The predicted molar refractivity (Wildman–Crippen MR) is 55.5 cm³/mol. The highest BCUT2D eigenvalue weighted by Gasteiger charge is 2.05. The third kappa shape index (κ3) is 1.31. The van der Waals surface area contributed by atoms with Gasteiger partial charge in [-0.25, -0.2) is 9.37 Å². The summed E-state index contributed by atoms with van der Waals surface area (Å²) < 4.78 is 13.4. The highest BCUT2D eigenvalue weighted by atomic mass is 19.1. The molecule has 2 aromatic rings. The maximum absolute atomic E-state index is 13.4. The van der Waals surface area contributed by atoms with Crippen molar-refractivity contribution in [3.05, 3.63) is 35.8 Å². The molecule has 14 heavy (non-hydrogen) atoms. The molecule has 0 radical (unpaired) electrons. The van der Waals surface area contributed by atoms with Crippen LogP contribution in [-0.4, -0.2) is 4.98 Å². The molecule has 3 heteroatoms. The highest BCUT2D eigenvalue weighted by Crippen LogP contribution is 2.22. The van der Waals surface area contributed by atoms with E-state index in [1.807, 2.05) is 6.92 Å². The molecule has 0 aliphatic carbocycles. The Bertz CT molecular complexity index is 480. The van der Waals surface area contributed by atoms with E-state index in [1.165, 1.54) is 6.07 Å². The first-order valence-corrected chi connectivity index (χ1v) is 4.55. The second-order valence-corrected chi connectivity index (χ2v) is 3.21. The first kappa shape index (κ1) is 8.94. The van der Waals surface area contributed by atoms with Crippen molar-refractivity contribution in [2.24, 2.45) is 0 Å². The molecule has 1 aromatic carbocycles. The number of nitrogens with two attached hydrogens (primary N) is 1. The minimum atomic E-state index is -0.174. The van der Waals surface area contributed by atoms with Gasteiger partial charge in [-0.15, -0.1) is 0 Å². The van der Waals surface area contributed by atoms with Gasteiger partial charge in [0.25, 0.3) is 0 Å². The highest BCUT2D eigenvalue weighted by molar-refractivity contribution is 5.86. The maximum Gasteiger partial charge on any atom is 0.127 e. The number of hydrogen-bond acceptors (Lipinski definition) is 2. The minimum absolute atomic E-state index is 0.174. The fourth-order valence-electron chi connectivity index (χ4n) is 1.63. The molecule has 0 unspecified atom stereocenters. The van der Waals surface area contributed by atoms with Gasteiger partial charge in [0.15, 0.2) is 0 Å². The topological polar surface area (TPSA) is 38.9 Å². The largest absolute Gasteiger partial charge is 0.384 e. The first-order chi connectivity index (χ1) is 6.72. The van der Waals surface area contributed by atoms with Crippen molar-refractivity contribution in [1.29, 1.82) is 0 Å². The zero-order valence-corrected chi connectivity index (χ0v) is 7.92. The summed E-state index contributed by atoms with van der Waals surface area (Å²) in [5, 5.41) is 1.79. The monoisotopic (exact) mass is 190 g/mol. The van der Waals surface area contributed by atoms with Gasteiger partial charge in [-0.1, -0.05) is 13.0 Å². The van der Waals surface area contributed by atoms with Crippen molar-refractivity contribution in [1.82, 2.24) is 4.98 Å². The first-order valence-electron chi connectivity index (χ1n) is 4.55. The Labute approximate surface area is 81.6 Å². The maximum atomic E-state index is 13.4. The molecule has 1 heterocycles. The summed E-state index contributed by atoms with van der Waals surface area (Å²) in [6.45, 7) is 1.92. The lowest BCUT2D eigenvalue weighted by Gasteiger charge is -2.05. The number of rotatable bonds is 1. The predicted octanol–water partition coefficient (Wildman–Crippen LogP) is 2.52. The summed E-state index contributed by atoms with van der Waals surface area (Å²) >= 11 is 0. The molecule has 2 rings (SSSR count). The Hall–Kier alpha value is -1.64. The van der Waals surface area contributed by atoms with Crippen LogP contribution in [0.3, 0.4) is 0 Å². The van der Waals surface area contributed by atoms with E-state index in [4.69, 9.17) is 5.73 Å². The molecule has 0 fully saturated rings. The van der Waals surface area contributed by atoms with Gasteiger partial charge in [-0.2, -0.15) is 0 Å². The van der Waals surface area contributed by atoms with E-state index in [2.05, 4.69) is 4.98 Å². The smallest absolute Gasteiger partial charge is 0.127 e. The standard InChI is InChI=1S/C11H11FN2/c1-2-8-9-6-14-11(13)5-7(9)3-4-10(8)12/h3-6H,2H2,1H3,(H2,13,14). The van der Waals surface area contributed by atoms with Crippen molar-refractivity contribution < 1.29 is 4.39 Å². The number of anilines is 1. The van der Waals surface area contributed by atoms with Crippen LogP contribution in [0, 0.1) is 5.82 Å². The van der Waals surface area contributed by atoms with E-state index in [9.17, 15) is 4.39 Å². The number of benzene rings is 1. The summed E-state index contributed by atoms with van der Waals surface area (Å²) in [6.07, 6.45) is 2.29. The Morgan fingerprint density at radius 3 is 2.93 bits per heavy atom. The van der Waals surface area contributed by atoms with Crippen LogP contribution in [0.5, 0.6) is 0 Å². The molecular formula is C11H11FN2. The number of hydrogen-bond donors (Lipinski definition) is 1. The van der Waals surface area contributed by atoms with Crippen molar-refractivity contribution >= 4 is 16.6 Å². The van der Waals surface area contributed by atoms with Gasteiger partial charge in [-0.05, 0) is 29.5 Å². The van der Waals surface area contributed by atoms with Crippen LogP contribution in [0.25, 0.3) is 10.8 Å². The van der Waals surface area contributed by atoms with E-state index in [0.29, 0.717) is 17.8 Å². The number of aryl methyl sites for hydroxylation is 1. The lowest BCUT2D eigenvalue weighted by atomic mass is 10.0. The molecule has 0 amide bonds. The van der Waals surface area contributed by atoms with Gasteiger partial charge < -0.3 is 5.73 Å². The molecule has 0 bridgehead atoms. The molecule has 2 nitrogen and oxygen atoms in total. The van der Waals surface area contributed by atoms with Crippen molar-refractivity contribution in [3.63, 3.8) is 0 Å². The van der Waals surface area contributed by atoms with Crippen LogP contribution in [0.4, 0.5) is 10.2 Å². The molecule has 72 valence electrons. The Morgan fingerprint density at radius 1 is 1.43 bits per heavy atom. The minimum Gasteiger partial charge on any atom is -0.384 e. The second-order valence-electron chi connectivity index (χ2n) is 3.21. The SMILES string of the molecule is CCc1c(F)ccc2cc(N)ncc12. The molecule has 0 saturated carbocycles. The van der Waals surface area contributed by atoms with Crippen LogP contribution in [0.1, 0.15) is 12.5 Å². The van der Waals surface area contributed by atoms with Gasteiger partial charge in [0.05, 0.1) is 0 Å². The lowest BCUT2D eigenvalue weighted by Crippen LogP contribution is -1.93. The quantitative estimate of drug-likeness (QED) is 0.750. The van der Waals surface area contributed by atoms with Gasteiger partial charge in [0.2, 0.25) is 0 Å². The van der Waals surface area contributed by atoms with Crippen LogP contribution in [0.2, 0.25) is 0 Å². The third-order valence-corrected chi connectivity index (χ3v) is 2.33. The molecule has 1 aromatic heterocycles. The van der Waals surface area contributed by atoms with Crippen molar-refractivity contribution in [2.45, 2.75) is 13.3 Å². The van der Waals surface area contributed by atoms with E-state index in [-0.39, 0.29) is 5.82 Å². The number of nitrogens with zero attached hydrogens (tertiary/aromatic N) is 1. The van der Waals surface area contributed by atoms with E-state index in [0.717, 1.165) is 10.8 Å². The summed E-state index contributed by atoms with van der Waals surface area (Å²) in [5.74, 6) is 0.290. The normalized spacial score (nSPS) is 10.7. The summed E-state index contributed by atoms with van der Waals surface area (Å²) in [5.41, 5.74) is 6.25. The van der Waals surface area contributed by atoms with Crippen molar-refractivity contribution in [3.8, 4) is 0 Å². The van der Waals surface area contributed by atoms with Crippen LogP contribution in [0.15, 0.2) is 24.4 Å². The number of halogens is 1. The number of aromatic nitrogens is 1. The third-order valence-electron chi connectivity index (χ3n) is 2.33. The van der Waals surface area contributed by atoms with E-state index in [1.54, 1.807) is 18.3 Å². The van der Waals surface area contributed by atoms with Crippen LogP contribution >= 0.6 is 0 Å². The molecule has 0 aliphatic rings. The zero-order chi connectivity index (χ0) is 10.1. The molecule has 2 N–H and O–H groups in total. The Balaban J connectivity index is 2.82. The van der Waals surface area contributed by atoms with Crippen LogP contribution in [-0.2, 0) is 6.42 Å². The number of nitrogen functional groups attached to an aromatic ring is 1. The average molecular weight is 190 g/mol. The lowest BCUT2D eigenvalue weighted by molar-refractivity contribution is 0.615.